The van der Waals surface area contributed by atoms with Crippen molar-refractivity contribution in [2.45, 2.75) is 34.6 Å². The van der Waals surface area contributed by atoms with E-state index < -0.39 is 5.97 Å². The molecule has 0 spiro atoms. The maximum absolute atomic E-state index is 11.4. The second kappa shape index (κ2) is 9.35. The number of nitrogens with zero attached hydrogens (tertiary/aromatic N) is 2. The summed E-state index contributed by atoms with van der Waals surface area (Å²) >= 11 is 0. The summed E-state index contributed by atoms with van der Waals surface area (Å²) in [5, 5.41) is 12.5. The number of hydrogen-bond acceptors (Lipinski definition) is 3. The van der Waals surface area contributed by atoms with E-state index in [1.165, 1.54) is 0 Å². The Morgan fingerprint density at radius 3 is 2.25 bits per heavy atom. The fraction of sp³-hybridized carbons (Fsp3) is 0.263. The quantitative estimate of drug-likeness (QED) is 0.699. The van der Waals surface area contributed by atoms with E-state index in [0.29, 0.717) is 5.82 Å². The zero-order valence-electron chi connectivity index (χ0n) is 14.9. The first kappa shape index (κ1) is 19.2. The number of aryl methyl sites for hydroxylation is 1. The first-order valence-electron chi connectivity index (χ1n) is 8.19. The van der Waals surface area contributed by atoms with Crippen LogP contribution in [-0.2, 0) is 0 Å². The third kappa shape index (κ3) is 4.13. The maximum atomic E-state index is 11.4. The molecule has 0 saturated heterocycles. The van der Waals surface area contributed by atoms with E-state index in [1.54, 1.807) is 22.7 Å². The highest BCUT2D eigenvalue weighted by atomic mass is 16.4. The minimum atomic E-state index is -0.974. The molecule has 2 aromatic heterocycles. The van der Waals surface area contributed by atoms with Gasteiger partial charge in [0, 0.05) is 5.69 Å². The van der Waals surface area contributed by atoms with Gasteiger partial charge in [0.25, 0.3) is 0 Å². The Bertz CT molecular complexity index is 780. The number of aromatic carboxylic acids is 1. The van der Waals surface area contributed by atoms with E-state index >= 15 is 0 Å². The zero-order chi connectivity index (χ0) is 18.1. The zero-order valence-corrected chi connectivity index (χ0v) is 14.9. The van der Waals surface area contributed by atoms with Gasteiger partial charge in [-0.3, -0.25) is 4.40 Å². The summed E-state index contributed by atoms with van der Waals surface area (Å²) in [4.78, 5) is 15.6. The van der Waals surface area contributed by atoms with E-state index in [2.05, 4.69) is 10.3 Å². The Balaban J connectivity index is 0.000000671. The van der Waals surface area contributed by atoms with Crippen LogP contribution in [-0.4, -0.2) is 20.5 Å². The fourth-order valence-electron chi connectivity index (χ4n) is 2.19. The molecule has 3 aromatic rings. The van der Waals surface area contributed by atoms with Crippen molar-refractivity contribution in [1.29, 1.82) is 0 Å². The molecule has 5 nitrogen and oxygen atoms in total. The molecule has 0 radical (unpaired) electrons. The lowest BCUT2D eigenvalue weighted by Gasteiger charge is -2.13. The Morgan fingerprint density at radius 1 is 1.04 bits per heavy atom. The van der Waals surface area contributed by atoms with Crippen molar-refractivity contribution in [3.8, 4) is 0 Å². The van der Waals surface area contributed by atoms with Gasteiger partial charge >= 0.3 is 5.97 Å². The summed E-state index contributed by atoms with van der Waals surface area (Å²) in [7, 11) is 0. The maximum Gasteiger partial charge on any atom is 0.339 e. The topological polar surface area (TPSA) is 66.6 Å². The first-order valence-corrected chi connectivity index (χ1v) is 8.19. The van der Waals surface area contributed by atoms with Gasteiger partial charge in [0.2, 0.25) is 0 Å². The van der Waals surface area contributed by atoms with Crippen LogP contribution in [0.15, 0.2) is 48.7 Å². The lowest BCUT2D eigenvalue weighted by atomic mass is 10.2. The van der Waals surface area contributed by atoms with Crippen LogP contribution >= 0.6 is 0 Å². The van der Waals surface area contributed by atoms with Crippen molar-refractivity contribution in [3.05, 3.63) is 60.0 Å². The standard InChI is InChI=1S/C15H13N3O2.2C2H6/c1-10-16-9-12-7-8-13(15(19)20)14(18(10)12)17-11-5-3-2-4-6-11;2*1-2/h2-9,17H,1H3,(H,19,20);2*1-2H3. The van der Waals surface area contributed by atoms with Gasteiger partial charge in [0.05, 0.1) is 11.7 Å². The lowest BCUT2D eigenvalue weighted by molar-refractivity contribution is 0.0697. The van der Waals surface area contributed by atoms with Gasteiger partial charge in [-0.05, 0) is 31.2 Å². The number of fused-ring (bicyclic) bond motifs is 1. The molecule has 0 aliphatic carbocycles. The Morgan fingerprint density at radius 2 is 1.67 bits per heavy atom. The molecule has 1 aromatic carbocycles. The van der Waals surface area contributed by atoms with Crippen LogP contribution in [0.1, 0.15) is 43.9 Å². The van der Waals surface area contributed by atoms with E-state index in [1.807, 2.05) is 65.0 Å². The molecule has 128 valence electrons. The number of nitrogens with one attached hydrogen (secondary N) is 1. The number of hydrogen-bond donors (Lipinski definition) is 2. The number of pyridine rings is 1. The summed E-state index contributed by atoms with van der Waals surface area (Å²) in [5.41, 5.74) is 1.89. The van der Waals surface area contributed by atoms with E-state index in [-0.39, 0.29) is 5.56 Å². The molecule has 0 aliphatic heterocycles. The summed E-state index contributed by atoms with van der Waals surface area (Å²) in [6.45, 7) is 9.84. The van der Waals surface area contributed by atoms with Crippen molar-refractivity contribution in [2.24, 2.45) is 0 Å². The fourth-order valence-corrected chi connectivity index (χ4v) is 2.19. The average molecular weight is 327 g/mol. The molecule has 0 atom stereocenters. The van der Waals surface area contributed by atoms with Gasteiger partial charge in [-0.15, -0.1) is 0 Å². The van der Waals surface area contributed by atoms with E-state index in [9.17, 15) is 9.90 Å². The number of carbonyl (C=O) groups is 1. The van der Waals surface area contributed by atoms with Crippen molar-refractivity contribution in [3.63, 3.8) is 0 Å². The van der Waals surface area contributed by atoms with E-state index in [4.69, 9.17) is 0 Å². The average Bonchev–Trinajstić information content (AvgIpc) is 3.01. The van der Waals surface area contributed by atoms with Crippen LogP contribution in [0.2, 0.25) is 0 Å². The van der Waals surface area contributed by atoms with Crippen molar-refractivity contribution >= 4 is 23.0 Å². The first-order chi connectivity index (χ1) is 11.7. The predicted molar refractivity (Wildman–Crippen MR) is 99.3 cm³/mol. The lowest BCUT2D eigenvalue weighted by Crippen LogP contribution is -2.08. The largest absolute Gasteiger partial charge is 0.478 e. The SMILES string of the molecule is CC.CC.Cc1ncc2ccc(C(=O)O)c(Nc3ccccc3)n12. The summed E-state index contributed by atoms with van der Waals surface area (Å²) < 4.78 is 1.80. The van der Waals surface area contributed by atoms with Gasteiger partial charge in [0.1, 0.15) is 17.2 Å². The van der Waals surface area contributed by atoms with Gasteiger partial charge in [-0.2, -0.15) is 0 Å². The van der Waals surface area contributed by atoms with Crippen LogP contribution in [0.3, 0.4) is 0 Å². The third-order valence-electron chi connectivity index (χ3n) is 3.13. The normalized spacial score (nSPS) is 9.38. The van der Waals surface area contributed by atoms with Crippen LogP contribution in [0, 0.1) is 6.92 Å². The molecule has 0 unspecified atom stereocenters. The predicted octanol–water partition coefficient (Wildman–Crippen LogP) is 5.14. The molecule has 24 heavy (non-hydrogen) atoms. The molecule has 5 heteroatoms. The summed E-state index contributed by atoms with van der Waals surface area (Å²) in [6, 6.07) is 12.8. The Labute approximate surface area is 143 Å². The number of para-hydroxylation sites is 1. The highest BCUT2D eigenvalue weighted by molar-refractivity contribution is 5.95. The Kier molecular flexibility index (Phi) is 7.49. The van der Waals surface area contributed by atoms with E-state index in [0.717, 1.165) is 17.0 Å². The van der Waals surface area contributed by atoms with Gasteiger partial charge < -0.3 is 10.4 Å². The van der Waals surface area contributed by atoms with Crippen molar-refractivity contribution in [2.75, 3.05) is 5.32 Å². The minimum Gasteiger partial charge on any atom is -0.478 e. The summed E-state index contributed by atoms with van der Waals surface area (Å²) in [5.74, 6) is 0.274. The number of imidazole rings is 1. The molecular weight excluding hydrogens is 302 g/mol. The number of carboxylic acids is 1. The number of aromatic nitrogens is 2. The summed E-state index contributed by atoms with van der Waals surface area (Å²) in [6.07, 6.45) is 1.72. The molecule has 0 bridgehead atoms. The smallest absolute Gasteiger partial charge is 0.339 e. The third-order valence-corrected chi connectivity index (χ3v) is 3.13. The van der Waals surface area contributed by atoms with Crippen LogP contribution in [0.4, 0.5) is 11.5 Å². The molecule has 0 aliphatic rings. The molecule has 0 fully saturated rings. The molecule has 0 amide bonds. The van der Waals surface area contributed by atoms with Crippen molar-refractivity contribution in [1.82, 2.24) is 9.38 Å². The van der Waals surface area contributed by atoms with Gasteiger partial charge in [-0.1, -0.05) is 45.9 Å². The second-order valence-electron chi connectivity index (χ2n) is 4.46. The highest BCUT2D eigenvalue weighted by Crippen LogP contribution is 2.24. The van der Waals surface area contributed by atoms with Gasteiger partial charge in [0.15, 0.2) is 0 Å². The van der Waals surface area contributed by atoms with Crippen LogP contribution in [0.5, 0.6) is 0 Å². The highest BCUT2D eigenvalue weighted by Gasteiger charge is 2.15. The Hall–Kier alpha value is -2.82. The molecule has 2 N–H and O–H groups in total. The molecule has 2 heterocycles. The van der Waals surface area contributed by atoms with Crippen LogP contribution < -0.4 is 5.32 Å². The minimum absolute atomic E-state index is 0.211. The second-order valence-corrected chi connectivity index (χ2v) is 4.46. The van der Waals surface area contributed by atoms with Gasteiger partial charge in [-0.25, -0.2) is 9.78 Å². The number of rotatable bonds is 3. The number of carboxylic acid groups (broad SMARTS) is 1. The monoisotopic (exact) mass is 327 g/mol. The number of benzene rings is 1. The number of anilines is 2. The molecule has 3 rings (SSSR count). The molecular formula is C19H25N3O2. The molecule has 0 saturated carbocycles. The van der Waals surface area contributed by atoms with Crippen molar-refractivity contribution < 1.29 is 9.90 Å². The van der Waals surface area contributed by atoms with Crippen LogP contribution in [0.25, 0.3) is 5.52 Å².